The van der Waals surface area contributed by atoms with Gasteiger partial charge >= 0.3 is 5.97 Å². The number of methoxy groups -OCH3 is 1. The first-order valence-electron chi connectivity index (χ1n) is 10.8. The molecule has 1 atom stereocenters. The third kappa shape index (κ3) is 5.19. The van der Waals surface area contributed by atoms with Gasteiger partial charge in [0.2, 0.25) is 10.0 Å². The Hall–Kier alpha value is -2.96. The molecule has 186 valence electrons. The number of rotatable bonds is 5. The molecule has 0 radical (unpaired) electrons. The number of amides is 1. The van der Waals surface area contributed by atoms with Crippen LogP contribution in [0.4, 0.5) is 8.78 Å². The lowest BCUT2D eigenvalue weighted by molar-refractivity contribution is -0.141. The quantitative estimate of drug-likeness (QED) is 0.479. The lowest BCUT2D eigenvalue weighted by Gasteiger charge is -2.30. The maximum atomic E-state index is 14.5. The predicted octanol–water partition coefficient (Wildman–Crippen LogP) is 2.99. The molecular formula is C23H23F2N3O5S2. The number of hydrogen-bond donors (Lipinski definition) is 0. The molecule has 0 spiro atoms. The lowest BCUT2D eigenvalue weighted by atomic mass is 9.99. The van der Waals surface area contributed by atoms with Gasteiger partial charge in [-0.2, -0.15) is 9.30 Å². The minimum absolute atomic E-state index is 0.00147. The van der Waals surface area contributed by atoms with Crippen LogP contribution in [0.3, 0.4) is 0 Å². The van der Waals surface area contributed by atoms with E-state index in [1.165, 1.54) is 28.1 Å². The van der Waals surface area contributed by atoms with Gasteiger partial charge in [-0.3, -0.25) is 9.59 Å². The number of carbonyl (C=O) groups is 2. The Labute approximate surface area is 204 Å². The molecule has 2 heterocycles. The van der Waals surface area contributed by atoms with Crippen molar-refractivity contribution in [3.05, 3.63) is 58.4 Å². The molecule has 8 nitrogen and oxygen atoms in total. The number of benzene rings is 2. The van der Waals surface area contributed by atoms with Crippen molar-refractivity contribution in [2.45, 2.75) is 31.2 Å². The van der Waals surface area contributed by atoms with Crippen LogP contribution < -0.4 is 4.80 Å². The zero-order valence-corrected chi connectivity index (χ0v) is 20.7. The van der Waals surface area contributed by atoms with Crippen molar-refractivity contribution in [1.82, 2.24) is 8.87 Å². The highest BCUT2D eigenvalue weighted by Crippen LogP contribution is 2.26. The molecule has 0 bridgehead atoms. The Morgan fingerprint density at radius 3 is 2.60 bits per heavy atom. The van der Waals surface area contributed by atoms with E-state index in [1.54, 1.807) is 12.1 Å². The van der Waals surface area contributed by atoms with Gasteiger partial charge in [0.1, 0.15) is 12.4 Å². The zero-order valence-electron chi connectivity index (χ0n) is 19.0. The van der Waals surface area contributed by atoms with Crippen molar-refractivity contribution < 1.29 is 31.5 Å². The fourth-order valence-corrected chi connectivity index (χ4v) is 6.56. The van der Waals surface area contributed by atoms with E-state index in [4.69, 9.17) is 0 Å². The molecule has 1 saturated heterocycles. The molecule has 0 N–H and O–H groups in total. The van der Waals surface area contributed by atoms with Gasteiger partial charge in [0.25, 0.3) is 5.91 Å². The van der Waals surface area contributed by atoms with Crippen LogP contribution in [0.5, 0.6) is 0 Å². The highest BCUT2D eigenvalue weighted by Gasteiger charge is 2.33. The summed E-state index contributed by atoms with van der Waals surface area (Å²) < 4.78 is 61.7. The summed E-state index contributed by atoms with van der Waals surface area (Å²) in [5, 5.41) is 0. The number of esters is 1. The Morgan fingerprint density at radius 1 is 1.20 bits per heavy atom. The second-order valence-electron chi connectivity index (χ2n) is 8.25. The number of hydrogen-bond acceptors (Lipinski definition) is 6. The van der Waals surface area contributed by atoms with Gasteiger partial charge in [-0.15, -0.1) is 0 Å². The summed E-state index contributed by atoms with van der Waals surface area (Å²) in [7, 11) is -2.62. The van der Waals surface area contributed by atoms with E-state index in [-0.39, 0.29) is 33.0 Å². The van der Waals surface area contributed by atoms with E-state index in [1.807, 2.05) is 6.92 Å². The van der Waals surface area contributed by atoms with Crippen LogP contribution >= 0.6 is 11.3 Å². The number of piperidine rings is 1. The van der Waals surface area contributed by atoms with E-state index in [0.29, 0.717) is 18.9 Å². The number of ether oxygens (including phenoxy) is 1. The number of halogens is 2. The molecule has 2 aromatic carbocycles. The van der Waals surface area contributed by atoms with Gasteiger partial charge in [-0.25, -0.2) is 17.2 Å². The normalized spacial score (nSPS) is 17.6. The van der Waals surface area contributed by atoms with Crippen LogP contribution in [0.1, 0.15) is 18.4 Å². The van der Waals surface area contributed by atoms with Gasteiger partial charge in [0.15, 0.2) is 10.6 Å². The fraction of sp³-hybridized carbons (Fsp3) is 0.348. The van der Waals surface area contributed by atoms with E-state index < -0.39 is 46.0 Å². The van der Waals surface area contributed by atoms with Gasteiger partial charge in [0.05, 0.1) is 28.1 Å². The van der Waals surface area contributed by atoms with Crippen LogP contribution in [0.15, 0.2) is 46.3 Å². The Kier molecular flexibility index (Phi) is 7.15. The standard InChI is InChI=1S/C23H23F2N3O5S2/c1-14-5-7-17(8-6-14)35(31,32)27-9-3-4-15(12-27)22(30)26-23-28(13-20(29)33-2)21-18(25)10-16(24)11-19(21)34-23/h5-8,10-11,15H,3-4,9,12-13H2,1-2H3. The van der Waals surface area contributed by atoms with Gasteiger partial charge in [-0.1, -0.05) is 29.0 Å². The van der Waals surface area contributed by atoms with Crippen LogP contribution in [0.2, 0.25) is 0 Å². The van der Waals surface area contributed by atoms with Gasteiger partial charge < -0.3 is 9.30 Å². The topological polar surface area (TPSA) is 98.0 Å². The summed E-state index contributed by atoms with van der Waals surface area (Å²) in [6.45, 7) is 1.65. The molecule has 12 heteroatoms. The molecule has 1 aliphatic heterocycles. The van der Waals surface area contributed by atoms with Crippen LogP contribution in [-0.2, 0) is 30.9 Å². The van der Waals surface area contributed by atoms with E-state index in [9.17, 15) is 26.8 Å². The maximum Gasteiger partial charge on any atom is 0.325 e. The van der Waals surface area contributed by atoms with Crippen molar-refractivity contribution in [2.75, 3.05) is 20.2 Å². The van der Waals surface area contributed by atoms with Crippen LogP contribution in [-0.4, -0.2) is 49.4 Å². The number of sulfonamides is 1. The Bertz CT molecular complexity index is 1460. The predicted molar refractivity (Wildman–Crippen MR) is 125 cm³/mol. The third-order valence-corrected chi connectivity index (χ3v) is 8.71. The van der Waals surface area contributed by atoms with Crippen LogP contribution in [0.25, 0.3) is 10.2 Å². The van der Waals surface area contributed by atoms with E-state index in [2.05, 4.69) is 9.73 Å². The molecule has 0 saturated carbocycles. The molecule has 1 unspecified atom stereocenters. The molecule has 0 aliphatic carbocycles. The monoisotopic (exact) mass is 523 g/mol. The van der Waals surface area contributed by atoms with Crippen molar-refractivity contribution in [2.24, 2.45) is 10.9 Å². The molecular weight excluding hydrogens is 500 g/mol. The number of nitrogens with zero attached hydrogens (tertiary/aromatic N) is 3. The van der Waals surface area contributed by atoms with Crippen LogP contribution in [0, 0.1) is 24.5 Å². The van der Waals surface area contributed by atoms with Gasteiger partial charge in [-0.05, 0) is 38.0 Å². The largest absolute Gasteiger partial charge is 0.468 e. The maximum absolute atomic E-state index is 14.5. The Balaban J connectivity index is 1.67. The van der Waals surface area contributed by atoms with Crippen molar-refractivity contribution in [3.63, 3.8) is 0 Å². The molecule has 35 heavy (non-hydrogen) atoms. The molecule has 1 amide bonds. The van der Waals surface area contributed by atoms with Crippen molar-refractivity contribution in [3.8, 4) is 0 Å². The van der Waals surface area contributed by atoms with E-state index in [0.717, 1.165) is 23.0 Å². The average molecular weight is 524 g/mol. The number of thiazole rings is 1. The minimum Gasteiger partial charge on any atom is -0.468 e. The number of aromatic nitrogens is 1. The smallest absolute Gasteiger partial charge is 0.325 e. The Morgan fingerprint density at radius 2 is 1.91 bits per heavy atom. The summed E-state index contributed by atoms with van der Waals surface area (Å²) in [4.78, 5) is 29.2. The summed E-state index contributed by atoms with van der Waals surface area (Å²) in [5.41, 5.74) is 0.856. The minimum atomic E-state index is -3.79. The second-order valence-corrected chi connectivity index (χ2v) is 11.2. The summed E-state index contributed by atoms with van der Waals surface area (Å²) in [5.74, 6) is -3.72. The second kappa shape index (κ2) is 9.96. The summed E-state index contributed by atoms with van der Waals surface area (Å²) in [6.07, 6.45) is 0.887. The highest BCUT2D eigenvalue weighted by atomic mass is 32.2. The molecule has 4 rings (SSSR count). The average Bonchev–Trinajstić information content (AvgIpc) is 3.15. The zero-order chi connectivity index (χ0) is 25.3. The lowest BCUT2D eigenvalue weighted by Crippen LogP contribution is -2.42. The molecule has 1 aliphatic rings. The number of carbonyl (C=O) groups excluding carboxylic acids is 2. The van der Waals surface area contributed by atoms with Crippen molar-refractivity contribution >= 4 is 43.5 Å². The first-order valence-corrected chi connectivity index (χ1v) is 13.1. The van der Waals surface area contributed by atoms with Crippen molar-refractivity contribution in [1.29, 1.82) is 0 Å². The van der Waals surface area contributed by atoms with Gasteiger partial charge in [0, 0.05) is 19.2 Å². The van der Waals surface area contributed by atoms with E-state index >= 15 is 0 Å². The fourth-order valence-electron chi connectivity index (χ4n) is 3.96. The SMILES string of the molecule is COC(=O)Cn1c(=NC(=O)C2CCCN(S(=O)(=O)c3ccc(C)cc3)C2)sc2cc(F)cc(F)c21. The molecule has 3 aromatic rings. The third-order valence-electron chi connectivity index (χ3n) is 5.81. The summed E-state index contributed by atoms with van der Waals surface area (Å²) in [6, 6.07) is 8.25. The number of fused-ring (bicyclic) bond motifs is 1. The molecule has 1 fully saturated rings. The summed E-state index contributed by atoms with van der Waals surface area (Å²) >= 11 is 0.857. The highest BCUT2D eigenvalue weighted by molar-refractivity contribution is 7.89. The number of aryl methyl sites for hydroxylation is 1. The molecule has 1 aromatic heterocycles. The first kappa shape index (κ1) is 25.1. The first-order chi connectivity index (χ1) is 16.6.